The molecule has 146 valence electrons. The molecule has 0 unspecified atom stereocenters. The average Bonchev–Trinajstić information content (AvgIpc) is 3.32. The number of hydrogen-bond acceptors (Lipinski definition) is 5. The number of amides is 1. The van der Waals surface area contributed by atoms with Crippen molar-refractivity contribution in [2.24, 2.45) is 5.92 Å². The number of carbonyl (C=O) groups excluding carboxylic acids is 2. The molecule has 1 aromatic heterocycles. The van der Waals surface area contributed by atoms with Crippen molar-refractivity contribution in [2.75, 3.05) is 0 Å². The first kappa shape index (κ1) is 18.5. The molecule has 0 spiro atoms. The lowest BCUT2D eigenvalue weighted by Crippen LogP contribution is -2.57. The monoisotopic (exact) mass is 421 g/mol. The molecule has 6 heteroatoms. The van der Waals surface area contributed by atoms with Gasteiger partial charge in [0.1, 0.15) is 12.3 Å². The number of nitrogens with zero attached hydrogens (tertiary/aromatic N) is 1. The molecular weight excluding hydrogens is 402 g/mol. The number of rotatable bonds is 5. The molecule has 0 bridgehead atoms. The molecule has 2 aliphatic heterocycles. The third-order valence-corrected chi connectivity index (χ3v) is 8.04. The number of thioether (sulfide) groups is 1. The van der Waals surface area contributed by atoms with Gasteiger partial charge in [-0.15, -0.1) is 11.3 Å². The highest BCUT2D eigenvalue weighted by Gasteiger charge is 2.55. The molecular formula is C23H19NO3S2. The SMILES string of the molecule is CC[C@H]1C(=O)N2C(C(=O)OCc3ccccc3)=C(c3cc4ccccc4s3)S[C@H]12. The minimum absolute atomic E-state index is 0.00742. The second-order valence-corrected chi connectivity index (χ2v) is 9.33. The predicted molar refractivity (Wildman–Crippen MR) is 117 cm³/mol. The van der Waals surface area contributed by atoms with E-state index < -0.39 is 5.97 Å². The van der Waals surface area contributed by atoms with Crippen LogP contribution >= 0.6 is 23.1 Å². The van der Waals surface area contributed by atoms with Gasteiger partial charge in [-0.25, -0.2) is 4.79 Å². The minimum atomic E-state index is -0.431. The van der Waals surface area contributed by atoms with Crippen molar-refractivity contribution in [1.29, 1.82) is 0 Å². The van der Waals surface area contributed by atoms with E-state index in [2.05, 4.69) is 18.2 Å². The van der Waals surface area contributed by atoms with E-state index in [0.29, 0.717) is 5.70 Å². The van der Waals surface area contributed by atoms with E-state index in [1.807, 2.05) is 49.4 Å². The van der Waals surface area contributed by atoms with Gasteiger partial charge >= 0.3 is 5.97 Å². The Morgan fingerprint density at radius 3 is 2.62 bits per heavy atom. The van der Waals surface area contributed by atoms with Gasteiger partial charge in [0.25, 0.3) is 0 Å². The van der Waals surface area contributed by atoms with Gasteiger partial charge in [0.2, 0.25) is 5.91 Å². The van der Waals surface area contributed by atoms with Crippen LogP contribution in [0.5, 0.6) is 0 Å². The van der Waals surface area contributed by atoms with Crippen LogP contribution in [0.15, 0.2) is 66.4 Å². The van der Waals surface area contributed by atoms with Crippen LogP contribution in [0, 0.1) is 5.92 Å². The van der Waals surface area contributed by atoms with Gasteiger partial charge in [-0.05, 0) is 29.5 Å². The quantitative estimate of drug-likeness (QED) is 0.417. The molecule has 2 aliphatic rings. The van der Waals surface area contributed by atoms with Crippen molar-refractivity contribution in [1.82, 2.24) is 4.90 Å². The Morgan fingerprint density at radius 1 is 1.10 bits per heavy atom. The molecule has 0 aliphatic carbocycles. The van der Waals surface area contributed by atoms with Crippen LogP contribution in [0.25, 0.3) is 15.0 Å². The van der Waals surface area contributed by atoms with E-state index in [-0.39, 0.29) is 23.8 Å². The van der Waals surface area contributed by atoms with Crippen molar-refractivity contribution in [2.45, 2.75) is 25.3 Å². The third-order valence-electron chi connectivity index (χ3n) is 5.34. The Hall–Kier alpha value is -2.57. The summed E-state index contributed by atoms with van der Waals surface area (Å²) in [5, 5.41) is 1.14. The Balaban J connectivity index is 1.50. The molecule has 3 aromatic rings. The summed E-state index contributed by atoms with van der Waals surface area (Å²) >= 11 is 3.27. The average molecular weight is 422 g/mol. The Labute approximate surface area is 177 Å². The smallest absolute Gasteiger partial charge is 0.356 e. The van der Waals surface area contributed by atoms with Crippen molar-refractivity contribution in [3.8, 4) is 0 Å². The number of esters is 1. The van der Waals surface area contributed by atoms with Crippen LogP contribution in [0.2, 0.25) is 0 Å². The molecule has 0 saturated carbocycles. The highest BCUT2D eigenvalue weighted by molar-refractivity contribution is 8.09. The highest BCUT2D eigenvalue weighted by atomic mass is 32.2. The zero-order valence-corrected chi connectivity index (χ0v) is 17.5. The first-order valence-electron chi connectivity index (χ1n) is 9.61. The van der Waals surface area contributed by atoms with Crippen LogP contribution in [-0.4, -0.2) is 22.2 Å². The lowest BCUT2D eigenvalue weighted by Gasteiger charge is -2.42. The standard InChI is InChI=1S/C23H19NO3S2/c1-2-16-21(25)24-19(23(26)27-13-14-8-4-3-5-9-14)20(29-22(16)24)18-12-15-10-6-7-11-17(15)28-18/h3-12,16,22H,2,13H2,1H3/t16-,22+/m0/s1. The Bertz CT molecular complexity index is 1100. The van der Waals surface area contributed by atoms with Gasteiger partial charge in [0.05, 0.1) is 16.2 Å². The second kappa shape index (κ2) is 7.35. The van der Waals surface area contributed by atoms with Crippen LogP contribution in [0.3, 0.4) is 0 Å². The molecule has 29 heavy (non-hydrogen) atoms. The third kappa shape index (κ3) is 3.07. The molecule has 0 radical (unpaired) electrons. The summed E-state index contributed by atoms with van der Waals surface area (Å²) in [6, 6.07) is 19.9. The number of hydrogen-bond donors (Lipinski definition) is 0. The van der Waals surface area contributed by atoms with E-state index in [1.54, 1.807) is 28.0 Å². The maximum atomic E-state index is 13.1. The lowest BCUT2D eigenvalue weighted by atomic mass is 9.94. The Kier molecular flexibility index (Phi) is 4.68. The fourth-order valence-corrected chi connectivity index (χ4v) is 6.58. The van der Waals surface area contributed by atoms with Crippen molar-refractivity contribution >= 4 is 50.0 Å². The number of thiophene rings is 1. The van der Waals surface area contributed by atoms with Gasteiger partial charge in [-0.1, -0.05) is 67.2 Å². The van der Waals surface area contributed by atoms with Gasteiger partial charge < -0.3 is 4.74 Å². The summed E-state index contributed by atoms with van der Waals surface area (Å²) in [5.41, 5.74) is 1.32. The van der Waals surface area contributed by atoms with Crippen molar-refractivity contribution in [3.05, 3.63) is 76.8 Å². The van der Waals surface area contributed by atoms with E-state index in [4.69, 9.17) is 4.74 Å². The highest BCUT2D eigenvalue weighted by Crippen LogP contribution is 2.55. The molecule has 2 atom stereocenters. The number of β-lactam (4-membered cyclic amide) rings is 1. The van der Waals surface area contributed by atoms with Crippen LogP contribution in [0.1, 0.15) is 23.8 Å². The first-order valence-corrected chi connectivity index (χ1v) is 11.3. The maximum Gasteiger partial charge on any atom is 0.356 e. The largest absolute Gasteiger partial charge is 0.456 e. The van der Waals surface area contributed by atoms with Gasteiger partial charge in [0, 0.05) is 9.58 Å². The summed E-state index contributed by atoms with van der Waals surface area (Å²) < 4.78 is 6.78. The van der Waals surface area contributed by atoms with E-state index >= 15 is 0 Å². The van der Waals surface area contributed by atoms with Gasteiger partial charge in [-0.2, -0.15) is 0 Å². The summed E-state index contributed by atoms with van der Waals surface area (Å²) in [6.45, 7) is 2.21. The molecule has 2 aromatic carbocycles. The van der Waals surface area contributed by atoms with E-state index in [0.717, 1.165) is 27.2 Å². The van der Waals surface area contributed by atoms with Crippen LogP contribution < -0.4 is 0 Å². The number of benzene rings is 2. The van der Waals surface area contributed by atoms with E-state index in [9.17, 15) is 9.59 Å². The minimum Gasteiger partial charge on any atom is -0.456 e. The first-order chi connectivity index (χ1) is 14.2. The molecule has 1 amide bonds. The normalized spacial score (nSPS) is 20.7. The zero-order valence-electron chi connectivity index (χ0n) is 15.8. The van der Waals surface area contributed by atoms with E-state index in [1.165, 1.54) is 4.70 Å². The molecule has 5 rings (SSSR count). The molecule has 0 N–H and O–H groups in total. The fraction of sp³-hybridized carbons (Fsp3) is 0.217. The Morgan fingerprint density at radius 2 is 1.86 bits per heavy atom. The van der Waals surface area contributed by atoms with Crippen molar-refractivity contribution in [3.63, 3.8) is 0 Å². The van der Waals surface area contributed by atoms with Gasteiger partial charge in [0.15, 0.2) is 0 Å². The second-order valence-electron chi connectivity index (χ2n) is 7.12. The summed E-state index contributed by atoms with van der Waals surface area (Å²) in [5.74, 6) is -0.448. The van der Waals surface area contributed by atoms with Crippen LogP contribution in [0.4, 0.5) is 0 Å². The van der Waals surface area contributed by atoms with Crippen LogP contribution in [-0.2, 0) is 20.9 Å². The summed E-state index contributed by atoms with van der Waals surface area (Å²) in [6.07, 6.45) is 0.777. The predicted octanol–water partition coefficient (Wildman–Crippen LogP) is 5.25. The van der Waals surface area contributed by atoms with Crippen molar-refractivity contribution < 1.29 is 14.3 Å². The zero-order chi connectivity index (χ0) is 20.0. The lowest BCUT2D eigenvalue weighted by molar-refractivity contribution is -0.154. The number of carbonyl (C=O) groups is 2. The molecule has 1 saturated heterocycles. The molecule has 4 nitrogen and oxygen atoms in total. The summed E-state index contributed by atoms with van der Waals surface area (Å²) in [4.78, 5) is 29.3. The molecule has 3 heterocycles. The van der Waals surface area contributed by atoms with Gasteiger partial charge in [-0.3, -0.25) is 9.69 Å². The summed E-state index contributed by atoms with van der Waals surface area (Å²) in [7, 11) is 0. The number of fused-ring (bicyclic) bond motifs is 2. The fourth-order valence-electron chi connectivity index (χ4n) is 3.81. The molecule has 1 fully saturated rings. The maximum absolute atomic E-state index is 13.1. The topological polar surface area (TPSA) is 46.6 Å². The number of ether oxygens (including phenoxy) is 1.